The number of ether oxygens (including phenoxy) is 1. The number of carbonyl (C=O) groups is 2. The van der Waals surface area contributed by atoms with E-state index in [0.29, 0.717) is 5.56 Å². The minimum absolute atomic E-state index is 0.260. The van der Waals surface area contributed by atoms with Gasteiger partial charge in [-0.15, -0.1) is 0 Å². The van der Waals surface area contributed by atoms with Crippen molar-refractivity contribution >= 4 is 11.9 Å². The maximum atomic E-state index is 11.8. The van der Waals surface area contributed by atoms with Crippen LogP contribution < -0.4 is 5.32 Å². The van der Waals surface area contributed by atoms with Crippen molar-refractivity contribution in [3.63, 3.8) is 0 Å². The van der Waals surface area contributed by atoms with Crippen LogP contribution in [0.25, 0.3) is 0 Å². The lowest BCUT2D eigenvalue weighted by molar-refractivity contribution is -0.125. The number of esters is 1. The van der Waals surface area contributed by atoms with Crippen LogP contribution >= 0.6 is 0 Å². The number of carbonyl (C=O) groups excluding carboxylic acids is 2. The van der Waals surface area contributed by atoms with Gasteiger partial charge in [0.05, 0.1) is 5.56 Å². The molecule has 1 amide bonds. The van der Waals surface area contributed by atoms with Crippen LogP contribution in [-0.2, 0) is 9.53 Å². The van der Waals surface area contributed by atoms with E-state index in [9.17, 15) is 9.59 Å². The van der Waals surface area contributed by atoms with Crippen LogP contribution in [0.3, 0.4) is 0 Å². The maximum absolute atomic E-state index is 11.8. The molecule has 4 heteroatoms. The van der Waals surface area contributed by atoms with E-state index in [1.54, 1.807) is 6.07 Å². The van der Waals surface area contributed by atoms with Crippen LogP contribution in [0, 0.1) is 13.8 Å². The predicted octanol–water partition coefficient (Wildman–Crippen LogP) is 2.37. The SMILES string of the molecule is Cc1ccc(C(=O)OCC(=O)NC(C)(C)C)c(C)c1. The molecule has 1 N–H and O–H groups in total. The fraction of sp³-hybridized carbons (Fsp3) is 0.467. The van der Waals surface area contributed by atoms with Gasteiger partial charge in [-0.1, -0.05) is 17.7 Å². The Hall–Kier alpha value is -1.84. The molecule has 0 fully saturated rings. The highest BCUT2D eigenvalue weighted by Crippen LogP contribution is 2.11. The number of nitrogens with one attached hydrogen (secondary N) is 1. The van der Waals surface area contributed by atoms with Gasteiger partial charge >= 0.3 is 5.97 Å². The van der Waals surface area contributed by atoms with E-state index in [2.05, 4.69) is 5.32 Å². The Morgan fingerprint density at radius 3 is 2.37 bits per heavy atom. The van der Waals surface area contributed by atoms with E-state index >= 15 is 0 Å². The monoisotopic (exact) mass is 263 g/mol. The van der Waals surface area contributed by atoms with E-state index in [-0.39, 0.29) is 18.1 Å². The van der Waals surface area contributed by atoms with Crippen LogP contribution in [-0.4, -0.2) is 24.0 Å². The second kappa shape index (κ2) is 5.87. The molecule has 0 saturated carbocycles. The molecule has 0 heterocycles. The van der Waals surface area contributed by atoms with E-state index < -0.39 is 5.97 Å². The van der Waals surface area contributed by atoms with Crippen molar-refractivity contribution in [3.8, 4) is 0 Å². The standard InChI is InChI=1S/C15H21NO3/c1-10-6-7-12(11(2)8-10)14(18)19-9-13(17)16-15(3,4)5/h6-8H,9H2,1-5H3,(H,16,17). The summed E-state index contributed by atoms with van der Waals surface area (Å²) in [6.45, 7) is 9.16. The summed E-state index contributed by atoms with van der Waals surface area (Å²) in [6.07, 6.45) is 0. The van der Waals surface area contributed by atoms with Crippen LogP contribution in [0.1, 0.15) is 42.3 Å². The van der Waals surface area contributed by atoms with Crippen LogP contribution in [0.15, 0.2) is 18.2 Å². The molecule has 0 aliphatic heterocycles. The molecule has 0 bridgehead atoms. The summed E-state index contributed by atoms with van der Waals surface area (Å²) in [4.78, 5) is 23.4. The molecule has 1 rings (SSSR count). The van der Waals surface area contributed by atoms with E-state index in [1.165, 1.54) is 0 Å². The van der Waals surface area contributed by atoms with Gasteiger partial charge in [0.15, 0.2) is 6.61 Å². The molecule has 1 aromatic rings. The van der Waals surface area contributed by atoms with Crippen molar-refractivity contribution in [2.24, 2.45) is 0 Å². The summed E-state index contributed by atoms with van der Waals surface area (Å²) in [5.41, 5.74) is 2.10. The zero-order chi connectivity index (χ0) is 14.6. The fourth-order valence-electron chi connectivity index (χ4n) is 1.71. The molecule has 0 saturated heterocycles. The first-order valence-electron chi connectivity index (χ1n) is 6.24. The molecule has 1 aromatic carbocycles. The van der Waals surface area contributed by atoms with Gasteiger partial charge in [-0.05, 0) is 46.2 Å². The Kier molecular flexibility index (Phi) is 4.70. The maximum Gasteiger partial charge on any atom is 0.338 e. The average Bonchev–Trinajstić information content (AvgIpc) is 2.23. The third kappa shape index (κ3) is 5.12. The van der Waals surface area contributed by atoms with Crippen molar-refractivity contribution < 1.29 is 14.3 Å². The third-order valence-electron chi connectivity index (χ3n) is 2.45. The van der Waals surface area contributed by atoms with Crippen LogP contribution in [0.2, 0.25) is 0 Å². The first-order chi connectivity index (χ1) is 8.69. The first kappa shape index (κ1) is 15.2. The topological polar surface area (TPSA) is 55.4 Å². The molecular weight excluding hydrogens is 242 g/mol. The lowest BCUT2D eigenvalue weighted by atomic mass is 10.1. The zero-order valence-electron chi connectivity index (χ0n) is 12.2. The van der Waals surface area contributed by atoms with Gasteiger partial charge in [0.25, 0.3) is 5.91 Å². The predicted molar refractivity (Wildman–Crippen MR) is 74.1 cm³/mol. The average molecular weight is 263 g/mol. The quantitative estimate of drug-likeness (QED) is 0.852. The van der Waals surface area contributed by atoms with Crippen molar-refractivity contribution in [3.05, 3.63) is 34.9 Å². The summed E-state index contributed by atoms with van der Waals surface area (Å²) in [5, 5.41) is 2.73. The normalized spacial score (nSPS) is 11.0. The summed E-state index contributed by atoms with van der Waals surface area (Å²) < 4.78 is 5.01. The number of hydrogen-bond acceptors (Lipinski definition) is 3. The minimum Gasteiger partial charge on any atom is -0.452 e. The van der Waals surface area contributed by atoms with Crippen molar-refractivity contribution in [2.75, 3.05) is 6.61 Å². The Morgan fingerprint density at radius 1 is 1.21 bits per heavy atom. The van der Waals surface area contributed by atoms with E-state index in [1.807, 2.05) is 46.8 Å². The lowest BCUT2D eigenvalue weighted by Gasteiger charge is -2.20. The number of aryl methyl sites for hydroxylation is 2. The molecule has 0 aliphatic carbocycles. The highest BCUT2D eigenvalue weighted by atomic mass is 16.5. The van der Waals surface area contributed by atoms with E-state index in [0.717, 1.165) is 11.1 Å². The van der Waals surface area contributed by atoms with Gasteiger partial charge in [0.1, 0.15) is 0 Å². The Labute approximate surface area is 114 Å². The Balaban J connectivity index is 2.59. The number of benzene rings is 1. The van der Waals surface area contributed by atoms with Gasteiger partial charge < -0.3 is 10.1 Å². The molecule has 19 heavy (non-hydrogen) atoms. The zero-order valence-corrected chi connectivity index (χ0v) is 12.2. The number of amides is 1. The number of rotatable bonds is 3. The second-order valence-electron chi connectivity index (χ2n) is 5.69. The summed E-state index contributed by atoms with van der Waals surface area (Å²) in [6, 6.07) is 5.47. The van der Waals surface area contributed by atoms with Gasteiger partial charge in [-0.2, -0.15) is 0 Å². The second-order valence-corrected chi connectivity index (χ2v) is 5.69. The van der Waals surface area contributed by atoms with Gasteiger partial charge in [0.2, 0.25) is 0 Å². The molecule has 0 atom stereocenters. The number of hydrogen-bond donors (Lipinski definition) is 1. The summed E-state index contributed by atoms with van der Waals surface area (Å²) in [5.74, 6) is -0.771. The minimum atomic E-state index is -0.471. The Bertz CT molecular complexity index is 487. The molecule has 0 aliphatic rings. The molecule has 0 unspecified atom stereocenters. The largest absolute Gasteiger partial charge is 0.452 e. The van der Waals surface area contributed by atoms with E-state index in [4.69, 9.17) is 4.74 Å². The summed E-state index contributed by atoms with van der Waals surface area (Å²) in [7, 11) is 0. The Morgan fingerprint density at radius 2 is 1.84 bits per heavy atom. The summed E-state index contributed by atoms with van der Waals surface area (Å²) >= 11 is 0. The smallest absolute Gasteiger partial charge is 0.338 e. The van der Waals surface area contributed by atoms with Crippen LogP contribution in [0.4, 0.5) is 0 Å². The van der Waals surface area contributed by atoms with Crippen molar-refractivity contribution in [1.82, 2.24) is 5.32 Å². The highest BCUT2D eigenvalue weighted by Gasteiger charge is 2.16. The molecule has 0 radical (unpaired) electrons. The fourth-order valence-corrected chi connectivity index (χ4v) is 1.71. The molecular formula is C15H21NO3. The van der Waals surface area contributed by atoms with Crippen molar-refractivity contribution in [2.45, 2.75) is 40.2 Å². The molecule has 4 nitrogen and oxygen atoms in total. The molecule has 104 valence electrons. The van der Waals surface area contributed by atoms with Gasteiger partial charge in [-0.3, -0.25) is 4.79 Å². The third-order valence-corrected chi connectivity index (χ3v) is 2.45. The van der Waals surface area contributed by atoms with Crippen molar-refractivity contribution in [1.29, 1.82) is 0 Å². The molecule has 0 aromatic heterocycles. The lowest BCUT2D eigenvalue weighted by Crippen LogP contribution is -2.42. The van der Waals surface area contributed by atoms with Gasteiger partial charge in [0, 0.05) is 5.54 Å². The highest BCUT2D eigenvalue weighted by molar-refractivity contribution is 5.92. The van der Waals surface area contributed by atoms with Crippen LogP contribution in [0.5, 0.6) is 0 Å². The first-order valence-corrected chi connectivity index (χ1v) is 6.24. The molecule has 0 spiro atoms. The van der Waals surface area contributed by atoms with Gasteiger partial charge in [-0.25, -0.2) is 4.79 Å².